The first-order valence-corrected chi connectivity index (χ1v) is 5.17. The van der Waals surface area contributed by atoms with Crippen LogP contribution in [0.2, 0.25) is 0 Å². The monoisotopic (exact) mass is 227 g/mol. The fraction of sp³-hybridized carbons (Fsp3) is 0.0714. The smallest absolute Gasteiger partial charge is 0.118 e. The van der Waals surface area contributed by atoms with Crippen molar-refractivity contribution >= 4 is 5.97 Å². The van der Waals surface area contributed by atoms with Crippen LogP contribution in [-0.4, -0.2) is 13.1 Å². The van der Waals surface area contributed by atoms with Gasteiger partial charge in [-0.3, -0.25) is 0 Å². The predicted molar refractivity (Wildman–Crippen MR) is 62.8 cm³/mol. The highest BCUT2D eigenvalue weighted by molar-refractivity contribution is 5.94. The SMILES string of the molecule is COc1ccc(-c2ccccc2C(=O)[O-])cc1. The van der Waals surface area contributed by atoms with Gasteiger partial charge in [-0.2, -0.15) is 0 Å². The summed E-state index contributed by atoms with van der Waals surface area (Å²) >= 11 is 0. The number of aromatic carboxylic acids is 1. The van der Waals surface area contributed by atoms with E-state index in [0.717, 1.165) is 11.3 Å². The molecule has 0 N–H and O–H groups in total. The van der Waals surface area contributed by atoms with E-state index < -0.39 is 5.97 Å². The van der Waals surface area contributed by atoms with Crippen LogP contribution in [0, 0.1) is 0 Å². The highest BCUT2D eigenvalue weighted by Gasteiger charge is 2.05. The van der Waals surface area contributed by atoms with Gasteiger partial charge in [-0.05, 0) is 23.3 Å². The first-order chi connectivity index (χ1) is 8.22. The molecule has 86 valence electrons. The van der Waals surface area contributed by atoms with E-state index in [1.165, 1.54) is 6.07 Å². The molecule has 0 heterocycles. The Morgan fingerprint density at radius 3 is 2.29 bits per heavy atom. The van der Waals surface area contributed by atoms with Gasteiger partial charge < -0.3 is 14.6 Å². The quantitative estimate of drug-likeness (QED) is 0.802. The number of carbonyl (C=O) groups is 1. The molecule has 0 bridgehead atoms. The molecule has 0 saturated heterocycles. The summed E-state index contributed by atoms with van der Waals surface area (Å²) in [6, 6.07) is 14.0. The maximum absolute atomic E-state index is 11.0. The summed E-state index contributed by atoms with van der Waals surface area (Å²) in [7, 11) is 1.59. The Kier molecular flexibility index (Phi) is 3.10. The molecule has 0 aliphatic rings. The summed E-state index contributed by atoms with van der Waals surface area (Å²) in [6.07, 6.45) is 0. The topological polar surface area (TPSA) is 49.4 Å². The van der Waals surface area contributed by atoms with Gasteiger partial charge in [0.25, 0.3) is 0 Å². The number of carboxylic acid groups (broad SMARTS) is 1. The minimum Gasteiger partial charge on any atom is -0.545 e. The maximum Gasteiger partial charge on any atom is 0.118 e. The van der Waals surface area contributed by atoms with E-state index in [-0.39, 0.29) is 5.56 Å². The molecule has 0 aromatic heterocycles. The number of rotatable bonds is 3. The van der Waals surface area contributed by atoms with Gasteiger partial charge in [0, 0.05) is 5.56 Å². The highest BCUT2D eigenvalue weighted by Crippen LogP contribution is 2.25. The average molecular weight is 227 g/mol. The molecule has 0 aliphatic carbocycles. The second-order valence-electron chi connectivity index (χ2n) is 3.56. The van der Waals surface area contributed by atoms with Crippen molar-refractivity contribution in [2.45, 2.75) is 0 Å². The zero-order valence-corrected chi connectivity index (χ0v) is 9.34. The summed E-state index contributed by atoms with van der Waals surface area (Å²) < 4.78 is 5.05. The fourth-order valence-electron chi connectivity index (χ4n) is 1.68. The zero-order chi connectivity index (χ0) is 12.3. The molecule has 17 heavy (non-hydrogen) atoms. The Bertz CT molecular complexity index is 529. The van der Waals surface area contributed by atoms with Crippen molar-refractivity contribution in [2.24, 2.45) is 0 Å². The molecule has 0 aliphatic heterocycles. The van der Waals surface area contributed by atoms with E-state index in [9.17, 15) is 9.90 Å². The van der Waals surface area contributed by atoms with Crippen LogP contribution in [0.1, 0.15) is 10.4 Å². The third-order valence-corrected chi connectivity index (χ3v) is 2.55. The molecule has 2 aromatic rings. The van der Waals surface area contributed by atoms with Crippen LogP contribution in [0.4, 0.5) is 0 Å². The van der Waals surface area contributed by atoms with Gasteiger partial charge in [0.1, 0.15) is 5.75 Å². The molecule has 0 saturated carbocycles. The molecule has 0 fully saturated rings. The van der Waals surface area contributed by atoms with Crippen molar-refractivity contribution < 1.29 is 14.6 Å². The van der Waals surface area contributed by atoms with Crippen molar-refractivity contribution in [3.8, 4) is 16.9 Å². The van der Waals surface area contributed by atoms with Crippen LogP contribution in [-0.2, 0) is 0 Å². The lowest BCUT2D eigenvalue weighted by atomic mass is 10.00. The molecule has 0 atom stereocenters. The normalized spacial score (nSPS) is 9.94. The fourth-order valence-corrected chi connectivity index (χ4v) is 1.68. The van der Waals surface area contributed by atoms with Crippen LogP contribution in [0.5, 0.6) is 5.75 Å². The number of hydrogen-bond acceptors (Lipinski definition) is 3. The lowest BCUT2D eigenvalue weighted by Crippen LogP contribution is -2.22. The number of carboxylic acids is 1. The standard InChI is InChI=1S/C14H12O3/c1-17-11-8-6-10(7-9-11)12-4-2-3-5-13(12)14(15)16/h2-9H,1H3,(H,15,16)/p-1. The first kappa shape index (κ1) is 11.2. The largest absolute Gasteiger partial charge is 0.545 e. The van der Waals surface area contributed by atoms with Gasteiger partial charge in [-0.15, -0.1) is 0 Å². The van der Waals surface area contributed by atoms with E-state index in [1.54, 1.807) is 37.4 Å². The van der Waals surface area contributed by atoms with Gasteiger partial charge in [-0.1, -0.05) is 36.4 Å². The van der Waals surface area contributed by atoms with Gasteiger partial charge >= 0.3 is 0 Å². The molecule has 0 amide bonds. The summed E-state index contributed by atoms with van der Waals surface area (Å²) in [4.78, 5) is 11.0. The van der Waals surface area contributed by atoms with Crippen molar-refractivity contribution in [1.29, 1.82) is 0 Å². The average Bonchev–Trinajstić information content (AvgIpc) is 2.39. The van der Waals surface area contributed by atoms with Crippen LogP contribution >= 0.6 is 0 Å². The molecule has 0 unspecified atom stereocenters. The Morgan fingerprint density at radius 2 is 1.71 bits per heavy atom. The number of benzene rings is 2. The number of methoxy groups -OCH3 is 1. The second kappa shape index (κ2) is 4.70. The second-order valence-corrected chi connectivity index (χ2v) is 3.56. The molecular formula is C14H11O3-. The number of carbonyl (C=O) groups excluding carboxylic acids is 1. The molecule has 0 spiro atoms. The predicted octanol–water partition coefficient (Wildman–Crippen LogP) is 1.73. The molecule has 0 radical (unpaired) electrons. The summed E-state index contributed by atoms with van der Waals surface area (Å²) in [5.74, 6) is -0.434. The van der Waals surface area contributed by atoms with Crippen LogP contribution in [0.3, 0.4) is 0 Å². The molecule has 3 heteroatoms. The Balaban J connectivity index is 2.48. The molecular weight excluding hydrogens is 216 g/mol. The van der Waals surface area contributed by atoms with E-state index in [1.807, 2.05) is 12.1 Å². The lowest BCUT2D eigenvalue weighted by Gasteiger charge is -2.10. The lowest BCUT2D eigenvalue weighted by molar-refractivity contribution is -0.254. The maximum atomic E-state index is 11.0. The molecule has 2 rings (SSSR count). The van der Waals surface area contributed by atoms with E-state index in [4.69, 9.17) is 4.74 Å². The van der Waals surface area contributed by atoms with Crippen LogP contribution in [0.25, 0.3) is 11.1 Å². The molecule has 3 nitrogen and oxygen atoms in total. The van der Waals surface area contributed by atoms with Gasteiger partial charge in [0.05, 0.1) is 13.1 Å². The summed E-state index contributed by atoms with van der Waals surface area (Å²) in [5.41, 5.74) is 1.67. The van der Waals surface area contributed by atoms with Crippen LogP contribution < -0.4 is 9.84 Å². The summed E-state index contributed by atoms with van der Waals surface area (Å²) in [5, 5.41) is 11.0. The zero-order valence-electron chi connectivity index (χ0n) is 9.34. The van der Waals surface area contributed by atoms with Crippen molar-refractivity contribution in [3.63, 3.8) is 0 Å². The Labute approximate surface area is 99.3 Å². The Hall–Kier alpha value is -2.29. The van der Waals surface area contributed by atoms with Crippen LogP contribution in [0.15, 0.2) is 48.5 Å². The van der Waals surface area contributed by atoms with Gasteiger partial charge in [0.2, 0.25) is 0 Å². The number of hydrogen-bond donors (Lipinski definition) is 0. The minimum absolute atomic E-state index is 0.192. The van der Waals surface area contributed by atoms with Gasteiger partial charge in [-0.25, -0.2) is 0 Å². The van der Waals surface area contributed by atoms with E-state index in [2.05, 4.69) is 0 Å². The highest BCUT2D eigenvalue weighted by atomic mass is 16.5. The summed E-state index contributed by atoms with van der Waals surface area (Å²) in [6.45, 7) is 0. The minimum atomic E-state index is -1.17. The first-order valence-electron chi connectivity index (χ1n) is 5.17. The third-order valence-electron chi connectivity index (χ3n) is 2.55. The number of ether oxygens (including phenoxy) is 1. The van der Waals surface area contributed by atoms with Crippen molar-refractivity contribution in [3.05, 3.63) is 54.1 Å². The van der Waals surface area contributed by atoms with E-state index in [0.29, 0.717) is 5.56 Å². The van der Waals surface area contributed by atoms with Crippen molar-refractivity contribution in [2.75, 3.05) is 7.11 Å². The van der Waals surface area contributed by atoms with Crippen molar-refractivity contribution in [1.82, 2.24) is 0 Å². The molecule has 2 aromatic carbocycles. The van der Waals surface area contributed by atoms with Gasteiger partial charge in [0.15, 0.2) is 0 Å². The third kappa shape index (κ3) is 2.28. The Morgan fingerprint density at radius 1 is 1.06 bits per heavy atom. The van der Waals surface area contributed by atoms with E-state index >= 15 is 0 Å².